The van der Waals surface area contributed by atoms with Gasteiger partial charge in [-0.25, -0.2) is 4.79 Å². The van der Waals surface area contributed by atoms with Crippen molar-refractivity contribution in [2.24, 2.45) is 0 Å². The predicted molar refractivity (Wildman–Crippen MR) is 137 cm³/mol. The number of carbonyl (C=O) groups excluding carboxylic acids is 1. The third kappa shape index (κ3) is 4.67. The molecule has 1 fully saturated rings. The number of ether oxygens (including phenoxy) is 3. The van der Waals surface area contributed by atoms with Crippen LogP contribution in [0.3, 0.4) is 0 Å². The lowest BCUT2D eigenvalue weighted by Crippen LogP contribution is -2.55. The molecule has 1 N–H and O–H groups in total. The Morgan fingerprint density at radius 3 is 2.74 bits per heavy atom. The van der Waals surface area contributed by atoms with Crippen molar-refractivity contribution >= 4 is 44.7 Å². The highest BCUT2D eigenvalue weighted by atomic mass is 79.9. The second-order valence-electron chi connectivity index (χ2n) is 10.1. The summed E-state index contributed by atoms with van der Waals surface area (Å²) in [6.07, 6.45) is 2.41. The monoisotopic (exact) mass is 555 g/mol. The highest BCUT2D eigenvalue weighted by Gasteiger charge is 2.52. The van der Waals surface area contributed by atoms with Crippen LogP contribution < -0.4 is 4.74 Å². The van der Waals surface area contributed by atoms with Crippen molar-refractivity contribution in [1.29, 1.82) is 0 Å². The maximum absolute atomic E-state index is 13.4. The molecule has 0 spiro atoms. The minimum absolute atomic E-state index is 0.254. The van der Waals surface area contributed by atoms with Gasteiger partial charge in [0.25, 0.3) is 0 Å². The summed E-state index contributed by atoms with van der Waals surface area (Å²) in [5.74, 6) is 1.31. The largest absolute Gasteiger partial charge is 0.496 e. The molecule has 3 heterocycles. The zero-order valence-electron chi connectivity index (χ0n) is 20.9. The van der Waals surface area contributed by atoms with Gasteiger partial charge in [0.15, 0.2) is 0 Å². The summed E-state index contributed by atoms with van der Waals surface area (Å²) in [5, 5.41) is 3.09. The van der Waals surface area contributed by atoms with Crippen LogP contribution in [0.4, 0.5) is 4.79 Å². The van der Waals surface area contributed by atoms with E-state index in [1.807, 2.05) is 58.1 Å². The summed E-state index contributed by atoms with van der Waals surface area (Å²) in [5.41, 5.74) is 1.80. The van der Waals surface area contributed by atoms with Gasteiger partial charge in [-0.1, -0.05) is 0 Å². The number of nitrogens with zero attached hydrogens (tertiary/aromatic N) is 2. The van der Waals surface area contributed by atoms with Crippen LogP contribution in [-0.2, 0) is 20.7 Å². The van der Waals surface area contributed by atoms with Gasteiger partial charge in [-0.2, -0.15) is 5.06 Å². The Hall–Kier alpha value is -1.46. The molecule has 0 radical (unpaired) electrons. The van der Waals surface area contributed by atoms with Gasteiger partial charge in [0.05, 0.1) is 30.3 Å². The molecule has 8 nitrogen and oxygen atoms in total. The number of H-pyrrole nitrogens is 1. The molecule has 2 aromatic rings. The molecule has 0 bridgehead atoms. The van der Waals surface area contributed by atoms with E-state index in [4.69, 9.17) is 19.0 Å². The number of hydrogen-bond donors (Lipinski definition) is 1. The number of fused-ring (bicyclic) bond motifs is 3. The molecule has 0 aliphatic carbocycles. The Kier molecular flexibility index (Phi) is 7.19. The van der Waals surface area contributed by atoms with E-state index in [2.05, 4.69) is 20.9 Å². The van der Waals surface area contributed by atoms with Crippen LogP contribution in [-0.4, -0.2) is 70.9 Å². The molecule has 1 saturated heterocycles. The second-order valence-corrected chi connectivity index (χ2v) is 11.7. The third-order valence-corrected chi connectivity index (χ3v) is 7.35. The lowest BCUT2D eigenvalue weighted by molar-refractivity contribution is -0.188. The molecule has 4 rings (SSSR count). The number of hydrogen-bond acceptors (Lipinski definition) is 7. The van der Waals surface area contributed by atoms with Gasteiger partial charge >= 0.3 is 6.09 Å². The number of halogens is 1. The summed E-state index contributed by atoms with van der Waals surface area (Å²) in [4.78, 5) is 24.9. The predicted octanol–water partition coefficient (Wildman–Crippen LogP) is 5.46. The van der Waals surface area contributed by atoms with Gasteiger partial charge in [-0.3, -0.25) is 9.74 Å². The highest BCUT2D eigenvalue weighted by molar-refractivity contribution is 9.10. The zero-order chi connectivity index (χ0) is 24.8. The van der Waals surface area contributed by atoms with Crippen molar-refractivity contribution in [1.82, 2.24) is 14.9 Å². The number of rotatable bonds is 5. The second kappa shape index (κ2) is 9.54. The number of benzene rings is 1. The lowest BCUT2D eigenvalue weighted by atomic mass is 9.93. The number of nitrogens with one attached hydrogen (secondary N) is 1. The van der Waals surface area contributed by atoms with E-state index in [9.17, 15) is 4.79 Å². The number of aromatic nitrogens is 1. The first-order chi connectivity index (χ1) is 16.0. The molecule has 0 saturated carbocycles. The standard InChI is InChI=1S/C24H34BrN3O5S/c1-23(2,3)33-22(29)28-16(12-31-24(28,4)5)21-20-14(10-11-27(21)32-13-34-7)18-15(26-20)8-9-17(30-6)19(18)25/h8-9,16,21,26H,10-13H2,1-7H3/t16-,21+/m1/s1. The summed E-state index contributed by atoms with van der Waals surface area (Å²) in [7, 11) is 1.67. The van der Waals surface area contributed by atoms with E-state index in [1.54, 1.807) is 23.8 Å². The molecule has 10 heteroatoms. The highest BCUT2D eigenvalue weighted by Crippen LogP contribution is 2.45. The molecule has 2 aliphatic rings. The molecule has 0 unspecified atom stereocenters. The summed E-state index contributed by atoms with van der Waals surface area (Å²) >= 11 is 5.36. The van der Waals surface area contributed by atoms with Crippen LogP contribution in [0.25, 0.3) is 10.9 Å². The van der Waals surface area contributed by atoms with Crippen molar-refractivity contribution in [3.05, 3.63) is 27.9 Å². The molecular formula is C24H34BrN3O5S. The average molecular weight is 557 g/mol. The number of carbonyl (C=O) groups is 1. The minimum Gasteiger partial charge on any atom is -0.496 e. The Balaban J connectivity index is 1.82. The number of aromatic amines is 1. The van der Waals surface area contributed by atoms with E-state index in [0.29, 0.717) is 19.1 Å². The lowest BCUT2D eigenvalue weighted by Gasteiger charge is -2.42. The van der Waals surface area contributed by atoms with Crippen molar-refractivity contribution in [3.8, 4) is 5.75 Å². The summed E-state index contributed by atoms with van der Waals surface area (Å²) in [6.45, 7) is 10.5. The first kappa shape index (κ1) is 25.6. The van der Waals surface area contributed by atoms with Crippen LogP contribution in [0.15, 0.2) is 16.6 Å². The van der Waals surface area contributed by atoms with Crippen LogP contribution in [0.2, 0.25) is 0 Å². The SMILES string of the molecule is COc1ccc2[nH]c3c(c2c1Br)CCN(OCSC)[C@H]3[C@H]1COC(C)(C)N1C(=O)OC(C)(C)C. The van der Waals surface area contributed by atoms with Crippen molar-refractivity contribution < 1.29 is 23.8 Å². The van der Waals surface area contributed by atoms with Crippen LogP contribution in [0.5, 0.6) is 5.75 Å². The Labute approximate surface area is 213 Å². The number of amides is 1. The minimum atomic E-state index is -0.814. The van der Waals surface area contributed by atoms with E-state index in [1.165, 1.54) is 5.56 Å². The first-order valence-electron chi connectivity index (χ1n) is 11.4. The molecule has 1 aromatic carbocycles. The van der Waals surface area contributed by atoms with E-state index < -0.39 is 17.4 Å². The fraction of sp³-hybridized carbons (Fsp3) is 0.625. The Morgan fingerprint density at radius 1 is 1.35 bits per heavy atom. The quantitative estimate of drug-likeness (QED) is 0.490. The number of thioether (sulfide) groups is 1. The van der Waals surface area contributed by atoms with Crippen LogP contribution in [0, 0.1) is 0 Å². The number of hydroxylamine groups is 2. The number of methoxy groups -OCH3 is 1. The third-order valence-electron chi connectivity index (χ3n) is 6.22. The summed E-state index contributed by atoms with van der Waals surface area (Å²) in [6, 6.07) is 3.41. The van der Waals surface area contributed by atoms with Crippen LogP contribution >= 0.6 is 27.7 Å². The molecule has 1 aromatic heterocycles. The summed E-state index contributed by atoms with van der Waals surface area (Å²) < 4.78 is 18.4. The van der Waals surface area contributed by atoms with Gasteiger partial charge < -0.3 is 19.2 Å². The molecule has 188 valence electrons. The fourth-order valence-corrected chi connectivity index (χ4v) is 5.85. The fourth-order valence-electron chi connectivity index (χ4n) is 4.87. The van der Waals surface area contributed by atoms with Gasteiger partial charge in [0, 0.05) is 23.1 Å². The van der Waals surface area contributed by atoms with Gasteiger partial charge in [-0.15, -0.1) is 11.8 Å². The van der Waals surface area contributed by atoms with E-state index in [-0.39, 0.29) is 12.1 Å². The van der Waals surface area contributed by atoms with Crippen LogP contribution in [0.1, 0.15) is 51.9 Å². The zero-order valence-corrected chi connectivity index (χ0v) is 23.3. The Morgan fingerprint density at radius 2 is 2.09 bits per heavy atom. The molecule has 34 heavy (non-hydrogen) atoms. The maximum Gasteiger partial charge on any atom is 0.412 e. The van der Waals surface area contributed by atoms with Crippen molar-refractivity contribution in [2.45, 2.75) is 64.4 Å². The van der Waals surface area contributed by atoms with Crippen molar-refractivity contribution in [2.75, 3.05) is 32.5 Å². The molecule has 2 atom stereocenters. The maximum atomic E-state index is 13.4. The molecule has 1 amide bonds. The smallest absolute Gasteiger partial charge is 0.412 e. The molecular weight excluding hydrogens is 522 g/mol. The van der Waals surface area contributed by atoms with Gasteiger partial charge in [-0.05, 0) is 80.9 Å². The van der Waals surface area contributed by atoms with Gasteiger partial charge in [0.2, 0.25) is 0 Å². The van der Waals surface area contributed by atoms with E-state index >= 15 is 0 Å². The average Bonchev–Trinajstić information content (AvgIpc) is 3.28. The first-order valence-corrected chi connectivity index (χ1v) is 13.6. The normalized spacial score (nSPS) is 22.8. The Bertz CT molecular complexity index is 1070. The van der Waals surface area contributed by atoms with Gasteiger partial charge in [0.1, 0.15) is 23.0 Å². The van der Waals surface area contributed by atoms with E-state index in [0.717, 1.165) is 33.2 Å². The molecule has 2 aliphatic heterocycles. The van der Waals surface area contributed by atoms with Crippen molar-refractivity contribution in [3.63, 3.8) is 0 Å². The topological polar surface area (TPSA) is 76.3 Å².